The van der Waals surface area contributed by atoms with Crippen molar-refractivity contribution >= 4 is 23.7 Å². The number of benzene rings is 1. The van der Waals surface area contributed by atoms with Gasteiger partial charge in [0, 0.05) is 32.1 Å². The number of pyridine rings is 1. The summed E-state index contributed by atoms with van der Waals surface area (Å²) in [5, 5.41) is 10.0. The van der Waals surface area contributed by atoms with Gasteiger partial charge in [-0.05, 0) is 61.4 Å². The zero-order valence-electron chi connectivity index (χ0n) is 21.3. The van der Waals surface area contributed by atoms with Crippen LogP contribution in [0.25, 0.3) is 0 Å². The molecule has 1 aliphatic carbocycles. The minimum atomic E-state index is -0.591. The van der Waals surface area contributed by atoms with E-state index in [9.17, 15) is 14.0 Å². The minimum absolute atomic E-state index is 0.110. The number of nitrogens with one attached hydrogen (secondary N) is 1. The summed E-state index contributed by atoms with van der Waals surface area (Å²) in [5.41, 5.74) is 10.5. The van der Waals surface area contributed by atoms with Gasteiger partial charge in [-0.25, -0.2) is 9.37 Å². The molecule has 1 heterocycles. The molecule has 1 aromatic carbocycles. The average molecular weight is 485 g/mol. The fraction of sp³-hybridized carbons (Fsp3) is 0.370. The van der Waals surface area contributed by atoms with Crippen LogP contribution in [-0.4, -0.2) is 41.3 Å². The number of rotatable bonds is 7. The third kappa shape index (κ3) is 7.75. The average Bonchev–Trinajstić information content (AvgIpc) is 2.90. The van der Waals surface area contributed by atoms with Crippen LogP contribution < -0.4 is 11.1 Å². The Hall–Kier alpha value is -3.52. The van der Waals surface area contributed by atoms with E-state index in [1.165, 1.54) is 0 Å². The molecule has 1 aliphatic rings. The van der Waals surface area contributed by atoms with Crippen molar-refractivity contribution in [2.75, 3.05) is 25.2 Å². The minimum Gasteiger partial charge on any atom is -0.400 e. The van der Waals surface area contributed by atoms with E-state index in [2.05, 4.69) is 23.0 Å². The number of aromatic nitrogens is 1. The number of carbonyl (C=O) groups is 2. The second-order valence-electron chi connectivity index (χ2n) is 7.73. The van der Waals surface area contributed by atoms with Gasteiger partial charge in [-0.3, -0.25) is 9.59 Å². The molecule has 0 saturated heterocycles. The Kier molecular flexibility index (Phi) is 12.4. The van der Waals surface area contributed by atoms with Crippen LogP contribution in [0.15, 0.2) is 48.3 Å². The molecule has 0 fully saturated rings. The predicted molar refractivity (Wildman–Crippen MR) is 140 cm³/mol. The molecular weight excluding hydrogens is 447 g/mol. The molecule has 35 heavy (non-hydrogen) atoms. The lowest BCUT2D eigenvalue weighted by atomic mass is 9.96. The molecule has 1 amide bonds. The molecule has 0 atom stereocenters. The SMILES string of the molecule is C=C(C1=CCCCC1)N(C)C(=O)c1cc(C)cc(CNc2ncc(F)cc2C=O)c1N.CC.CO. The van der Waals surface area contributed by atoms with Gasteiger partial charge in [0.15, 0.2) is 6.29 Å². The van der Waals surface area contributed by atoms with Gasteiger partial charge in [-0.1, -0.05) is 32.6 Å². The quantitative estimate of drug-likeness (QED) is 0.366. The van der Waals surface area contributed by atoms with Crippen molar-refractivity contribution in [3.63, 3.8) is 0 Å². The molecule has 0 radical (unpaired) electrons. The molecule has 0 saturated carbocycles. The summed E-state index contributed by atoms with van der Waals surface area (Å²) in [6, 6.07) is 4.73. The number of anilines is 2. The van der Waals surface area contributed by atoms with Crippen LogP contribution in [-0.2, 0) is 6.54 Å². The van der Waals surface area contributed by atoms with Crippen molar-refractivity contribution < 1.29 is 19.1 Å². The third-order valence-electron chi connectivity index (χ3n) is 5.47. The van der Waals surface area contributed by atoms with Crippen molar-refractivity contribution in [2.45, 2.75) is 53.0 Å². The van der Waals surface area contributed by atoms with E-state index in [4.69, 9.17) is 10.8 Å². The Bertz CT molecular complexity index is 1070. The molecule has 190 valence electrons. The number of hydrogen-bond donors (Lipinski definition) is 3. The van der Waals surface area contributed by atoms with Gasteiger partial charge >= 0.3 is 0 Å². The number of allylic oxidation sites excluding steroid dienone is 2. The molecule has 2 aromatic rings. The van der Waals surface area contributed by atoms with Gasteiger partial charge in [-0.2, -0.15) is 0 Å². The zero-order chi connectivity index (χ0) is 26.5. The molecule has 8 heteroatoms. The van der Waals surface area contributed by atoms with Crippen molar-refractivity contribution in [3.8, 4) is 0 Å². The Balaban J connectivity index is 0.00000145. The molecule has 0 bridgehead atoms. The Morgan fingerprint density at radius 1 is 1.29 bits per heavy atom. The van der Waals surface area contributed by atoms with E-state index in [1.54, 1.807) is 18.0 Å². The van der Waals surface area contributed by atoms with Crippen molar-refractivity contribution in [1.82, 2.24) is 9.88 Å². The number of aliphatic hydroxyl groups is 1. The van der Waals surface area contributed by atoms with Gasteiger partial charge in [0.25, 0.3) is 5.91 Å². The zero-order valence-corrected chi connectivity index (χ0v) is 21.3. The van der Waals surface area contributed by atoms with E-state index < -0.39 is 5.82 Å². The fourth-order valence-electron chi connectivity index (χ4n) is 3.69. The predicted octanol–water partition coefficient (Wildman–Crippen LogP) is 5.26. The number of amides is 1. The Morgan fingerprint density at radius 3 is 2.57 bits per heavy atom. The van der Waals surface area contributed by atoms with Crippen LogP contribution in [0.1, 0.15) is 71.4 Å². The number of nitrogens with two attached hydrogens (primary N) is 1. The summed E-state index contributed by atoms with van der Waals surface area (Å²) in [6.07, 6.45) is 7.88. The fourth-order valence-corrected chi connectivity index (χ4v) is 3.69. The molecular formula is C27H37FN4O3. The van der Waals surface area contributed by atoms with Gasteiger partial charge in [0.05, 0.1) is 17.3 Å². The molecule has 0 aliphatic heterocycles. The number of aldehydes is 1. The maximum Gasteiger partial charge on any atom is 0.260 e. The standard InChI is InChI=1S/C24H27FN4O2.C2H6.CH4O/c1-15-9-18(12-27-23-19(14-30)11-20(25)13-28-23)22(26)21(10-15)24(31)29(3)16(2)17-7-5-4-6-8-17;2*1-2/h7,9-11,13-14H,2,4-6,8,12,26H2,1,3H3,(H,27,28);1-2H3;2H,1H3. The first-order chi connectivity index (χ1) is 16.8. The second-order valence-corrected chi connectivity index (χ2v) is 7.73. The first kappa shape index (κ1) is 29.5. The van der Waals surface area contributed by atoms with E-state index in [0.29, 0.717) is 28.8 Å². The highest BCUT2D eigenvalue weighted by molar-refractivity contribution is 6.01. The maximum atomic E-state index is 13.3. The summed E-state index contributed by atoms with van der Waals surface area (Å²) in [5.74, 6) is -0.570. The molecule has 0 spiro atoms. The van der Waals surface area contributed by atoms with Crippen molar-refractivity contribution in [2.24, 2.45) is 0 Å². The van der Waals surface area contributed by atoms with Crippen LogP contribution in [0.4, 0.5) is 15.9 Å². The van der Waals surface area contributed by atoms with Crippen LogP contribution in [0, 0.1) is 12.7 Å². The van der Waals surface area contributed by atoms with Gasteiger partial charge < -0.3 is 21.1 Å². The van der Waals surface area contributed by atoms with E-state index in [-0.39, 0.29) is 23.8 Å². The summed E-state index contributed by atoms with van der Waals surface area (Å²) in [6.45, 7) is 10.2. The normalized spacial score (nSPS) is 12.1. The largest absolute Gasteiger partial charge is 0.400 e. The lowest BCUT2D eigenvalue weighted by Crippen LogP contribution is -2.28. The summed E-state index contributed by atoms with van der Waals surface area (Å²) in [4.78, 5) is 29.9. The first-order valence-electron chi connectivity index (χ1n) is 11.7. The second kappa shape index (κ2) is 14.7. The molecule has 0 unspecified atom stereocenters. The number of nitrogen functional groups attached to an aromatic ring is 1. The number of aryl methyl sites for hydroxylation is 1. The monoisotopic (exact) mass is 484 g/mol. The number of carbonyl (C=O) groups excluding carboxylic acids is 2. The Morgan fingerprint density at radius 2 is 1.97 bits per heavy atom. The van der Waals surface area contributed by atoms with Crippen molar-refractivity contribution in [1.29, 1.82) is 0 Å². The number of nitrogens with zero attached hydrogens (tertiary/aromatic N) is 2. The number of hydrogen-bond acceptors (Lipinski definition) is 6. The third-order valence-corrected chi connectivity index (χ3v) is 5.47. The van der Waals surface area contributed by atoms with Crippen LogP contribution in [0.3, 0.4) is 0 Å². The van der Waals surface area contributed by atoms with Crippen molar-refractivity contribution in [3.05, 3.63) is 76.4 Å². The lowest BCUT2D eigenvalue weighted by molar-refractivity contribution is 0.0839. The smallest absolute Gasteiger partial charge is 0.260 e. The van der Waals surface area contributed by atoms with Crippen LogP contribution in [0.2, 0.25) is 0 Å². The lowest BCUT2D eigenvalue weighted by Gasteiger charge is -2.25. The molecule has 3 rings (SSSR count). The maximum absolute atomic E-state index is 13.3. The summed E-state index contributed by atoms with van der Waals surface area (Å²) < 4.78 is 13.3. The van der Waals surface area contributed by atoms with Gasteiger partial charge in [-0.15, -0.1) is 0 Å². The molecule has 1 aromatic heterocycles. The number of halogens is 1. The molecule has 4 N–H and O–H groups in total. The van der Waals surface area contributed by atoms with Crippen LogP contribution in [0.5, 0.6) is 0 Å². The highest BCUT2D eigenvalue weighted by Gasteiger charge is 2.21. The van der Waals surface area contributed by atoms with Gasteiger partial charge in [0.2, 0.25) is 0 Å². The summed E-state index contributed by atoms with van der Waals surface area (Å²) in [7, 11) is 2.71. The van der Waals surface area contributed by atoms with E-state index in [1.807, 2.05) is 26.8 Å². The highest BCUT2D eigenvalue weighted by atomic mass is 19.1. The van der Waals surface area contributed by atoms with E-state index in [0.717, 1.165) is 56.2 Å². The number of aliphatic hydroxyl groups excluding tert-OH is 1. The van der Waals surface area contributed by atoms with Crippen LogP contribution >= 0.6 is 0 Å². The number of likely N-dealkylation sites (N-methyl/N-ethyl adjacent to an activating group) is 1. The topological polar surface area (TPSA) is 109 Å². The summed E-state index contributed by atoms with van der Waals surface area (Å²) >= 11 is 0. The first-order valence-corrected chi connectivity index (χ1v) is 11.7. The van der Waals surface area contributed by atoms with E-state index >= 15 is 0 Å². The Labute approximate surface area is 207 Å². The molecule has 7 nitrogen and oxygen atoms in total. The highest BCUT2D eigenvalue weighted by Crippen LogP contribution is 2.28. The van der Waals surface area contributed by atoms with Gasteiger partial charge in [0.1, 0.15) is 11.6 Å².